The Morgan fingerprint density at radius 2 is 2.27 bits per heavy atom. The van der Waals surface area contributed by atoms with Crippen LogP contribution in [0.4, 0.5) is 0 Å². The smallest absolute Gasteiger partial charge is 0.112 e. The summed E-state index contributed by atoms with van der Waals surface area (Å²) in [5.41, 5.74) is 6.95. The maximum absolute atomic E-state index is 6.04. The Morgan fingerprint density at radius 3 is 2.73 bits per heavy atom. The lowest BCUT2D eigenvalue weighted by Gasteiger charge is -2.14. The first kappa shape index (κ1) is 13.6. The first-order chi connectivity index (χ1) is 6.66. The van der Waals surface area contributed by atoms with Crippen LogP contribution < -0.4 is 5.73 Å². The number of nitrogens with zero attached hydrogens (tertiary/aromatic N) is 1. The molecule has 1 aromatic heterocycles. The van der Waals surface area contributed by atoms with Crippen LogP contribution in [-0.4, -0.2) is 24.0 Å². The second kappa shape index (κ2) is 5.71. The Kier molecular flexibility index (Phi) is 5.16. The van der Waals surface area contributed by atoms with Crippen molar-refractivity contribution in [3.63, 3.8) is 0 Å². The van der Waals surface area contributed by atoms with Crippen molar-refractivity contribution >= 4 is 46.9 Å². The van der Waals surface area contributed by atoms with Crippen LogP contribution in [0.15, 0.2) is 5.38 Å². The van der Waals surface area contributed by atoms with Crippen molar-refractivity contribution in [2.24, 2.45) is 5.73 Å². The molecule has 1 aromatic rings. The molecule has 2 heterocycles. The molecule has 0 bridgehead atoms. The summed E-state index contributed by atoms with van der Waals surface area (Å²) in [5, 5.41) is 2.73. The van der Waals surface area contributed by atoms with Crippen molar-refractivity contribution in [3.05, 3.63) is 20.3 Å². The van der Waals surface area contributed by atoms with E-state index in [9.17, 15) is 0 Å². The van der Waals surface area contributed by atoms with E-state index >= 15 is 0 Å². The number of halogens is 3. The van der Waals surface area contributed by atoms with Gasteiger partial charge in [0.15, 0.2) is 0 Å². The fraction of sp³-hybridized carbons (Fsp3) is 0.556. The zero-order chi connectivity index (χ0) is 10.1. The van der Waals surface area contributed by atoms with Gasteiger partial charge in [0.1, 0.15) is 4.34 Å². The van der Waals surface area contributed by atoms with Gasteiger partial charge in [-0.2, -0.15) is 0 Å². The zero-order valence-corrected chi connectivity index (χ0v) is 11.2. The maximum atomic E-state index is 6.04. The Balaban J connectivity index is 0.00000112. The lowest BCUT2D eigenvalue weighted by atomic mass is 10.3. The van der Waals surface area contributed by atoms with Crippen LogP contribution >= 0.6 is 46.9 Å². The highest BCUT2D eigenvalue weighted by atomic mass is 35.5. The molecular weight excluding hydrogens is 275 g/mol. The van der Waals surface area contributed by atoms with Gasteiger partial charge in [0, 0.05) is 25.7 Å². The quantitative estimate of drug-likeness (QED) is 0.906. The fourth-order valence-corrected chi connectivity index (χ4v) is 2.95. The minimum absolute atomic E-state index is 0. The Hall–Kier alpha value is 0.490. The zero-order valence-electron chi connectivity index (χ0n) is 8.08. The summed E-state index contributed by atoms with van der Waals surface area (Å²) in [6.45, 7) is 2.89. The minimum atomic E-state index is 0. The van der Waals surface area contributed by atoms with Gasteiger partial charge in [-0.3, -0.25) is 4.90 Å². The molecule has 1 aliphatic heterocycles. The average Bonchev–Trinajstić information content (AvgIpc) is 2.67. The van der Waals surface area contributed by atoms with Crippen LogP contribution in [0.1, 0.15) is 12.0 Å². The molecule has 6 heteroatoms. The number of hydrogen-bond donors (Lipinski definition) is 1. The van der Waals surface area contributed by atoms with Gasteiger partial charge >= 0.3 is 0 Å². The van der Waals surface area contributed by atoms with Gasteiger partial charge in [0.2, 0.25) is 0 Å². The van der Waals surface area contributed by atoms with Gasteiger partial charge in [0.25, 0.3) is 0 Å². The Morgan fingerprint density at radius 1 is 1.53 bits per heavy atom. The van der Waals surface area contributed by atoms with E-state index in [2.05, 4.69) is 4.90 Å². The lowest BCUT2D eigenvalue weighted by molar-refractivity contribution is 0.327. The van der Waals surface area contributed by atoms with E-state index < -0.39 is 0 Å². The average molecular weight is 288 g/mol. The molecule has 0 radical (unpaired) electrons. The highest BCUT2D eigenvalue weighted by molar-refractivity contribution is 7.15. The molecule has 0 unspecified atom stereocenters. The fourth-order valence-electron chi connectivity index (χ4n) is 1.71. The van der Waals surface area contributed by atoms with Crippen LogP contribution in [-0.2, 0) is 6.54 Å². The summed E-state index contributed by atoms with van der Waals surface area (Å²) in [7, 11) is 0. The van der Waals surface area contributed by atoms with E-state index in [0.29, 0.717) is 15.4 Å². The van der Waals surface area contributed by atoms with Crippen molar-refractivity contribution < 1.29 is 0 Å². The van der Waals surface area contributed by atoms with Crippen molar-refractivity contribution in [3.8, 4) is 0 Å². The minimum Gasteiger partial charge on any atom is -0.326 e. The lowest BCUT2D eigenvalue weighted by Crippen LogP contribution is -2.26. The first-order valence-electron chi connectivity index (χ1n) is 4.56. The standard InChI is InChI=1S/C9H12Cl2N2S.ClH/c10-8-6(5-14-9(8)11)3-13-2-1-7(12)4-13;/h5,7H,1-4,12H2;1H/t7-;/m1./s1. The van der Waals surface area contributed by atoms with Gasteiger partial charge in [-0.05, 0) is 17.4 Å². The predicted octanol–water partition coefficient (Wildman–Crippen LogP) is 3.01. The van der Waals surface area contributed by atoms with Gasteiger partial charge in [0.05, 0.1) is 5.02 Å². The Labute approximate surface area is 110 Å². The van der Waals surface area contributed by atoms with Crippen LogP contribution in [0.2, 0.25) is 9.36 Å². The molecule has 1 aliphatic rings. The molecule has 0 saturated carbocycles. The van der Waals surface area contributed by atoms with Crippen molar-refractivity contribution in [2.75, 3.05) is 13.1 Å². The molecule has 15 heavy (non-hydrogen) atoms. The summed E-state index contributed by atoms with van der Waals surface area (Å²) in [6.07, 6.45) is 1.08. The van der Waals surface area contributed by atoms with E-state index in [4.69, 9.17) is 28.9 Å². The third kappa shape index (κ3) is 3.22. The van der Waals surface area contributed by atoms with E-state index in [-0.39, 0.29) is 12.4 Å². The van der Waals surface area contributed by atoms with E-state index in [1.54, 1.807) is 0 Å². The summed E-state index contributed by atoms with van der Waals surface area (Å²) in [5.74, 6) is 0. The SMILES string of the molecule is Cl.N[C@@H]1CCN(Cc2csc(Cl)c2Cl)C1. The van der Waals surface area contributed by atoms with E-state index in [0.717, 1.165) is 31.6 Å². The molecule has 0 aromatic carbocycles. The third-order valence-electron chi connectivity index (χ3n) is 2.46. The Bertz CT molecular complexity index is 329. The topological polar surface area (TPSA) is 29.3 Å². The molecule has 0 aliphatic carbocycles. The highest BCUT2D eigenvalue weighted by Crippen LogP contribution is 2.33. The molecular formula is C9H13Cl3N2S. The number of hydrogen-bond acceptors (Lipinski definition) is 3. The van der Waals surface area contributed by atoms with Gasteiger partial charge in [-0.25, -0.2) is 0 Å². The number of likely N-dealkylation sites (tertiary alicyclic amines) is 1. The molecule has 1 saturated heterocycles. The second-order valence-corrected chi connectivity index (χ2v) is 5.49. The summed E-state index contributed by atoms with van der Waals surface area (Å²) in [6, 6.07) is 0.322. The van der Waals surface area contributed by atoms with Crippen LogP contribution in [0.25, 0.3) is 0 Å². The van der Waals surface area contributed by atoms with Crippen molar-refractivity contribution in [1.82, 2.24) is 4.90 Å². The monoisotopic (exact) mass is 286 g/mol. The summed E-state index contributed by atoms with van der Waals surface area (Å²) >= 11 is 13.4. The number of nitrogens with two attached hydrogens (primary N) is 1. The molecule has 1 atom stereocenters. The number of thiophene rings is 1. The second-order valence-electron chi connectivity index (χ2n) is 3.63. The number of rotatable bonds is 2. The highest BCUT2D eigenvalue weighted by Gasteiger charge is 2.20. The molecule has 0 spiro atoms. The molecule has 86 valence electrons. The van der Waals surface area contributed by atoms with Crippen LogP contribution in [0.3, 0.4) is 0 Å². The maximum Gasteiger partial charge on any atom is 0.112 e. The third-order valence-corrected chi connectivity index (χ3v) is 4.37. The van der Waals surface area contributed by atoms with Gasteiger partial charge in [-0.1, -0.05) is 23.2 Å². The molecule has 2 N–H and O–H groups in total. The summed E-state index contributed by atoms with van der Waals surface area (Å²) < 4.78 is 0.685. The summed E-state index contributed by atoms with van der Waals surface area (Å²) in [4.78, 5) is 2.31. The van der Waals surface area contributed by atoms with Crippen LogP contribution in [0.5, 0.6) is 0 Å². The van der Waals surface area contributed by atoms with Gasteiger partial charge in [-0.15, -0.1) is 23.7 Å². The largest absolute Gasteiger partial charge is 0.326 e. The van der Waals surface area contributed by atoms with Gasteiger partial charge < -0.3 is 5.73 Å². The normalized spacial score (nSPS) is 21.7. The van der Waals surface area contributed by atoms with Crippen LogP contribution in [0, 0.1) is 0 Å². The van der Waals surface area contributed by atoms with E-state index in [1.165, 1.54) is 11.3 Å². The first-order valence-corrected chi connectivity index (χ1v) is 6.19. The molecule has 2 rings (SSSR count). The van der Waals surface area contributed by atoms with E-state index in [1.807, 2.05) is 5.38 Å². The van der Waals surface area contributed by atoms with Crippen molar-refractivity contribution in [1.29, 1.82) is 0 Å². The molecule has 0 amide bonds. The van der Waals surface area contributed by atoms with Crippen molar-refractivity contribution in [2.45, 2.75) is 19.0 Å². The molecule has 2 nitrogen and oxygen atoms in total. The predicted molar refractivity (Wildman–Crippen MR) is 69.5 cm³/mol. The molecule has 1 fully saturated rings.